The third-order valence-corrected chi connectivity index (χ3v) is 3.05. The Morgan fingerprint density at radius 2 is 2.15 bits per heavy atom. The van der Waals surface area contributed by atoms with Gasteiger partial charge in [-0.15, -0.1) is 0 Å². The van der Waals surface area contributed by atoms with Crippen LogP contribution in [0.15, 0.2) is 18.2 Å². The Morgan fingerprint density at radius 3 is 2.75 bits per heavy atom. The van der Waals surface area contributed by atoms with Crippen LogP contribution >= 0.6 is 0 Å². The molecule has 0 atom stereocenters. The lowest BCUT2D eigenvalue weighted by Crippen LogP contribution is -2.38. The fraction of sp³-hybridized carbons (Fsp3) is 0.533. The van der Waals surface area contributed by atoms with Gasteiger partial charge in [0.15, 0.2) is 0 Å². The van der Waals surface area contributed by atoms with Gasteiger partial charge in [-0.05, 0) is 37.1 Å². The van der Waals surface area contributed by atoms with E-state index in [0.29, 0.717) is 18.7 Å². The lowest BCUT2D eigenvalue weighted by Gasteiger charge is -2.19. The van der Waals surface area contributed by atoms with Crippen molar-refractivity contribution in [2.45, 2.75) is 26.8 Å². The molecule has 1 aromatic rings. The maximum absolute atomic E-state index is 13.4. The van der Waals surface area contributed by atoms with Gasteiger partial charge in [-0.2, -0.15) is 0 Å². The summed E-state index contributed by atoms with van der Waals surface area (Å²) in [5.74, 6) is -0.377. The number of benzene rings is 1. The Hall–Kier alpha value is -1.46. The van der Waals surface area contributed by atoms with Crippen LogP contribution in [-0.4, -0.2) is 42.2 Å². The number of aliphatic hydroxyl groups excluding tert-OH is 1. The molecular formula is C15H23FN2O2. The second-order valence-corrected chi connectivity index (χ2v) is 4.86. The normalized spacial score (nSPS) is 10.8. The van der Waals surface area contributed by atoms with Crippen molar-refractivity contribution in [3.8, 4) is 0 Å². The summed E-state index contributed by atoms with van der Waals surface area (Å²) in [6.07, 6.45) is 0.927. The predicted octanol–water partition coefficient (Wildman–Crippen LogP) is 1.45. The average molecular weight is 282 g/mol. The summed E-state index contributed by atoms with van der Waals surface area (Å²) in [6.45, 7) is 5.59. The molecule has 2 N–H and O–H groups in total. The number of nitrogens with zero attached hydrogens (tertiary/aromatic N) is 1. The first-order chi connectivity index (χ1) is 9.56. The van der Waals surface area contributed by atoms with E-state index in [-0.39, 0.29) is 24.9 Å². The number of hydrogen-bond donors (Lipinski definition) is 2. The lowest BCUT2D eigenvalue weighted by atomic mass is 10.1. The van der Waals surface area contributed by atoms with E-state index in [1.54, 1.807) is 19.1 Å². The highest BCUT2D eigenvalue weighted by Gasteiger charge is 2.09. The number of carbonyl (C=O) groups is 1. The van der Waals surface area contributed by atoms with Crippen molar-refractivity contribution in [1.82, 2.24) is 10.2 Å². The summed E-state index contributed by atoms with van der Waals surface area (Å²) in [5.41, 5.74) is 1.34. The van der Waals surface area contributed by atoms with E-state index in [0.717, 1.165) is 18.5 Å². The molecule has 112 valence electrons. The van der Waals surface area contributed by atoms with E-state index >= 15 is 0 Å². The van der Waals surface area contributed by atoms with E-state index in [9.17, 15) is 9.18 Å². The van der Waals surface area contributed by atoms with Crippen molar-refractivity contribution < 1.29 is 14.3 Å². The minimum atomic E-state index is -0.260. The van der Waals surface area contributed by atoms with Crippen LogP contribution in [0.5, 0.6) is 0 Å². The summed E-state index contributed by atoms with van der Waals surface area (Å²) in [5, 5.41) is 11.7. The minimum Gasteiger partial charge on any atom is -0.395 e. The molecule has 0 spiro atoms. The molecule has 0 saturated heterocycles. The topological polar surface area (TPSA) is 52.6 Å². The molecule has 0 unspecified atom stereocenters. The Kier molecular flexibility index (Phi) is 7.18. The largest absolute Gasteiger partial charge is 0.395 e. The number of carbonyl (C=O) groups excluding carboxylic acids is 1. The van der Waals surface area contributed by atoms with Crippen molar-refractivity contribution in [3.63, 3.8) is 0 Å². The Bertz CT molecular complexity index is 432. The number of aryl methyl sites for hydroxylation is 1. The van der Waals surface area contributed by atoms with E-state index in [2.05, 4.69) is 5.32 Å². The standard InChI is InChI=1S/C15H23FN2O2/c1-3-6-18(7-8-19)11-15(20)17-10-13-5-4-12(2)14(16)9-13/h4-5,9,19H,3,6-8,10-11H2,1-2H3,(H,17,20). The third kappa shape index (κ3) is 5.67. The van der Waals surface area contributed by atoms with Crippen LogP contribution < -0.4 is 5.32 Å². The van der Waals surface area contributed by atoms with Crippen LogP contribution in [0.4, 0.5) is 4.39 Å². The summed E-state index contributed by atoms with van der Waals surface area (Å²) >= 11 is 0. The molecule has 20 heavy (non-hydrogen) atoms. The van der Waals surface area contributed by atoms with E-state index in [4.69, 9.17) is 5.11 Å². The lowest BCUT2D eigenvalue weighted by molar-refractivity contribution is -0.122. The summed E-state index contributed by atoms with van der Waals surface area (Å²) in [4.78, 5) is 13.7. The van der Waals surface area contributed by atoms with Crippen LogP contribution in [0.2, 0.25) is 0 Å². The second kappa shape index (κ2) is 8.66. The zero-order valence-electron chi connectivity index (χ0n) is 12.2. The number of amides is 1. The Balaban J connectivity index is 2.43. The maximum atomic E-state index is 13.4. The monoisotopic (exact) mass is 282 g/mol. The van der Waals surface area contributed by atoms with E-state index in [1.165, 1.54) is 6.07 Å². The molecule has 0 aromatic heterocycles. The van der Waals surface area contributed by atoms with Gasteiger partial charge in [0.05, 0.1) is 13.2 Å². The van der Waals surface area contributed by atoms with Crippen LogP contribution in [0.25, 0.3) is 0 Å². The van der Waals surface area contributed by atoms with Crippen LogP contribution in [0.1, 0.15) is 24.5 Å². The Labute approximate surface area is 119 Å². The molecular weight excluding hydrogens is 259 g/mol. The number of hydrogen-bond acceptors (Lipinski definition) is 3. The number of nitrogens with one attached hydrogen (secondary N) is 1. The maximum Gasteiger partial charge on any atom is 0.234 e. The molecule has 0 saturated carbocycles. The SMILES string of the molecule is CCCN(CCO)CC(=O)NCc1ccc(C)c(F)c1. The molecule has 1 amide bonds. The number of rotatable bonds is 8. The summed E-state index contributed by atoms with van der Waals surface area (Å²) in [7, 11) is 0. The van der Waals surface area contributed by atoms with Gasteiger partial charge in [-0.3, -0.25) is 9.69 Å². The fourth-order valence-corrected chi connectivity index (χ4v) is 1.93. The molecule has 0 aliphatic heterocycles. The smallest absolute Gasteiger partial charge is 0.234 e. The molecule has 0 bridgehead atoms. The molecule has 1 aromatic carbocycles. The van der Waals surface area contributed by atoms with Gasteiger partial charge >= 0.3 is 0 Å². The third-order valence-electron chi connectivity index (χ3n) is 3.05. The van der Waals surface area contributed by atoms with Gasteiger partial charge < -0.3 is 10.4 Å². The highest BCUT2D eigenvalue weighted by atomic mass is 19.1. The molecule has 1 rings (SSSR count). The van der Waals surface area contributed by atoms with Crippen molar-refractivity contribution in [2.24, 2.45) is 0 Å². The Morgan fingerprint density at radius 1 is 1.40 bits per heavy atom. The quantitative estimate of drug-likeness (QED) is 0.759. The second-order valence-electron chi connectivity index (χ2n) is 4.86. The molecule has 0 fully saturated rings. The van der Waals surface area contributed by atoms with Crippen LogP contribution in [0, 0.1) is 12.7 Å². The first-order valence-corrected chi connectivity index (χ1v) is 6.91. The first kappa shape index (κ1) is 16.6. The summed E-state index contributed by atoms with van der Waals surface area (Å²) < 4.78 is 13.4. The van der Waals surface area contributed by atoms with Gasteiger partial charge in [0.1, 0.15) is 5.82 Å². The molecule has 0 aliphatic rings. The highest BCUT2D eigenvalue weighted by molar-refractivity contribution is 5.78. The average Bonchev–Trinajstić information content (AvgIpc) is 2.41. The van der Waals surface area contributed by atoms with Crippen LogP contribution in [-0.2, 0) is 11.3 Å². The van der Waals surface area contributed by atoms with Crippen molar-refractivity contribution in [2.75, 3.05) is 26.2 Å². The zero-order chi connectivity index (χ0) is 15.0. The molecule has 5 heteroatoms. The minimum absolute atomic E-state index is 0.0381. The molecule has 0 aliphatic carbocycles. The molecule has 0 heterocycles. The van der Waals surface area contributed by atoms with Gasteiger partial charge in [-0.1, -0.05) is 19.1 Å². The number of aliphatic hydroxyl groups is 1. The summed E-state index contributed by atoms with van der Waals surface area (Å²) in [6, 6.07) is 4.94. The molecule has 4 nitrogen and oxygen atoms in total. The molecule has 0 radical (unpaired) electrons. The highest BCUT2D eigenvalue weighted by Crippen LogP contribution is 2.08. The fourth-order valence-electron chi connectivity index (χ4n) is 1.93. The first-order valence-electron chi connectivity index (χ1n) is 6.91. The van der Waals surface area contributed by atoms with Gasteiger partial charge in [0, 0.05) is 13.1 Å². The number of halogens is 1. The van der Waals surface area contributed by atoms with Crippen molar-refractivity contribution >= 4 is 5.91 Å². The van der Waals surface area contributed by atoms with Gasteiger partial charge in [0.25, 0.3) is 0 Å². The van der Waals surface area contributed by atoms with E-state index in [1.807, 2.05) is 11.8 Å². The van der Waals surface area contributed by atoms with Crippen LogP contribution in [0.3, 0.4) is 0 Å². The van der Waals surface area contributed by atoms with Gasteiger partial charge in [-0.25, -0.2) is 4.39 Å². The van der Waals surface area contributed by atoms with Crippen molar-refractivity contribution in [3.05, 3.63) is 35.1 Å². The predicted molar refractivity (Wildman–Crippen MR) is 76.8 cm³/mol. The van der Waals surface area contributed by atoms with E-state index < -0.39 is 0 Å². The van der Waals surface area contributed by atoms with Crippen molar-refractivity contribution in [1.29, 1.82) is 0 Å². The van der Waals surface area contributed by atoms with Gasteiger partial charge in [0.2, 0.25) is 5.91 Å². The zero-order valence-corrected chi connectivity index (χ0v) is 12.2.